The zero-order chi connectivity index (χ0) is 14.9. The minimum Gasteiger partial charge on any atom is -0.434 e. The smallest absolute Gasteiger partial charge is 0.353 e. The first kappa shape index (κ1) is 13.9. The Bertz CT molecular complexity index is 632. The number of nitrogens with zero attached hydrogens (tertiary/aromatic N) is 3. The molecule has 0 atom stereocenters. The van der Waals surface area contributed by atoms with Crippen LogP contribution in [0.15, 0.2) is 24.3 Å². The number of anilines is 1. The summed E-state index contributed by atoms with van der Waals surface area (Å²) in [6.07, 6.45) is 0. The monoisotopic (exact) mass is 276 g/mol. The molecule has 0 fully saturated rings. The Morgan fingerprint density at radius 2 is 1.95 bits per heavy atom. The van der Waals surface area contributed by atoms with Crippen LogP contribution in [0, 0.1) is 17.0 Å². The lowest BCUT2D eigenvalue weighted by molar-refractivity contribution is -0.386. The quantitative estimate of drug-likeness (QED) is 0.526. The first-order valence-corrected chi connectivity index (χ1v) is 6.17. The van der Waals surface area contributed by atoms with Crippen LogP contribution in [0.5, 0.6) is 11.6 Å². The van der Waals surface area contributed by atoms with Crippen molar-refractivity contribution in [1.29, 1.82) is 0 Å². The SMILES string of the molecule is Cc1nn(C(C)C)c(Oc2ccc(N)cc2)c1[N+](=O)[O-]. The molecule has 1 aromatic heterocycles. The topological polar surface area (TPSA) is 96.2 Å². The van der Waals surface area contributed by atoms with Crippen LogP contribution >= 0.6 is 0 Å². The molecule has 0 amide bonds. The molecule has 0 saturated carbocycles. The maximum Gasteiger partial charge on any atom is 0.353 e. The number of nitro groups is 1. The maximum absolute atomic E-state index is 11.2. The molecule has 0 bridgehead atoms. The molecule has 0 saturated heterocycles. The maximum atomic E-state index is 11.2. The summed E-state index contributed by atoms with van der Waals surface area (Å²) in [5, 5.41) is 15.3. The number of aryl methyl sites for hydroxylation is 1. The Kier molecular flexibility index (Phi) is 3.60. The molecule has 0 aliphatic heterocycles. The van der Waals surface area contributed by atoms with Gasteiger partial charge in [-0.3, -0.25) is 10.1 Å². The number of hydrogen-bond donors (Lipinski definition) is 1. The van der Waals surface area contributed by atoms with Gasteiger partial charge in [0, 0.05) is 5.69 Å². The Labute approximate surface area is 116 Å². The van der Waals surface area contributed by atoms with E-state index in [0.717, 1.165) is 0 Å². The summed E-state index contributed by atoms with van der Waals surface area (Å²) in [6, 6.07) is 6.61. The van der Waals surface area contributed by atoms with Crippen LogP contribution in [-0.4, -0.2) is 14.7 Å². The van der Waals surface area contributed by atoms with Crippen molar-refractivity contribution in [2.24, 2.45) is 0 Å². The van der Waals surface area contributed by atoms with Gasteiger partial charge in [-0.2, -0.15) is 5.10 Å². The van der Waals surface area contributed by atoms with E-state index in [1.807, 2.05) is 13.8 Å². The molecule has 20 heavy (non-hydrogen) atoms. The van der Waals surface area contributed by atoms with E-state index in [0.29, 0.717) is 17.1 Å². The van der Waals surface area contributed by atoms with Crippen molar-refractivity contribution in [2.45, 2.75) is 26.8 Å². The van der Waals surface area contributed by atoms with Crippen LogP contribution in [-0.2, 0) is 0 Å². The average molecular weight is 276 g/mol. The fraction of sp³-hybridized carbons (Fsp3) is 0.308. The number of rotatable bonds is 4. The molecule has 7 nitrogen and oxygen atoms in total. The normalized spacial score (nSPS) is 10.8. The first-order chi connectivity index (χ1) is 9.40. The van der Waals surface area contributed by atoms with Gasteiger partial charge in [-0.1, -0.05) is 0 Å². The highest BCUT2D eigenvalue weighted by molar-refractivity contribution is 5.49. The zero-order valence-electron chi connectivity index (χ0n) is 11.5. The average Bonchev–Trinajstić information content (AvgIpc) is 2.69. The second kappa shape index (κ2) is 5.20. The highest BCUT2D eigenvalue weighted by atomic mass is 16.6. The van der Waals surface area contributed by atoms with Crippen molar-refractivity contribution in [2.75, 3.05) is 5.73 Å². The fourth-order valence-electron chi connectivity index (χ4n) is 1.82. The number of nitrogen functional groups attached to an aromatic ring is 1. The van der Waals surface area contributed by atoms with E-state index in [1.54, 1.807) is 31.2 Å². The van der Waals surface area contributed by atoms with Crippen LogP contribution in [0.3, 0.4) is 0 Å². The van der Waals surface area contributed by atoms with E-state index >= 15 is 0 Å². The lowest BCUT2D eigenvalue weighted by atomic mass is 10.3. The molecule has 1 aromatic carbocycles. The molecule has 2 rings (SSSR count). The minimum absolute atomic E-state index is 0.0498. The Hall–Kier alpha value is -2.57. The van der Waals surface area contributed by atoms with E-state index in [9.17, 15) is 10.1 Å². The molecular weight excluding hydrogens is 260 g/mol. The molecular formula is C13H16N4O3. The standard InChI is InChI=1S/C13H16N4O3/c1-8(2)16-13(12(17(18)19)9(3)15-16)20-11-6-4-10(14)5-7-11/h4-8H,14H2,1-3H3. The second-order valence-electron chi connectivity index (χ2n) is 4.71. The van der Waals surface area contributed by atoms with Gasteiger partial charge in [0.15, 0.2) is 0 Å². The lowest BCUT2D eigenvalue weighted by Crippen LogP contribution is -2.05. The van der Waals surface area contributed by atoms with E-state index in [4.69, 9.17) is 10.5 Å². The van der Waals surface area contributed by atoms with E-state index in [2.05, 4.69) is 5.10 Å². The van der Waals surface area contributed by atoms with Crippen LogP contribution in [0.4, 0.5) is 11.4 Å². The van der Waals surface area contributed by atoms with E-state index in [1.165, 1.54) is 4.68 Å². The summed E-state index contributed by atoms with van der Waals surface area (Å²) in [4.78, 5) is 10.7. The van der Waals surface area contributed by atoms with Crippen molar-refractivity contribution < 1.29 is 9.66 Å². The highest BCUT2D eigenvalue weighted by Crippen LogP contribution is 2.36. The first-order valence-electron chi connectivity index (χ1n) is 6.17. The predicted octanol–water partition coefficient (Wildman–Crippen LogP) is 3.06. The summed E-state index contributed by atoms with van der Waals surface area (Å²) in [5.41, 5.74) is 6.41. The van der Waals surface area contributed by atoms with Crippen LogP contribution in [0.2, 0.25) is 0 Å². The molecule has 1 heterocycles. The molecule has 2 aromatic rings. The Morgan fingerprint density at radius 3 is 2.45 bits per heavy atom. The number of nitrogens with two attached hydrogens (primary N) is 1. The van der Waals surface area contributed by atoms with Crippen LogP contribution in [0.25, 0.3) is 0 Å². The predicted molar refractivity (Wildman–Crippen MR) is 74.9 cm³/mol. The number of hydrogen-bond acceptors (Lipinski definition) is 5. The van der Waals surface area contributed by atoms with Crippen molar-refractivity contribution >= 4 is 11.4 Å². The zero-order valence-corrected chi connectivity index (χ0v) is 11.5. The third-order valence-corrected chi connectivity index (χ3v) is 2.78. The van der Waals surface area contributed by atoms with Gasteiger partial charge in [0.1, 0.15) is 11.4 Å². The van der Waals surface area contributed by atoms with Crippen molar-refractivity contribution in [3.8, 4) is 11.6 Å². The lowest BCUT2D eigenvalue weighted by Gasteiger charge is -2.11. The molecule has 2 N–H and O–H groups in total. The van der Waals surface area contributed by atoms with Crippen molar-refractivity contribution in [3.05, 3.63) is 40.1 Å². The van der Waals surface area contributed by atoms with Crippen molar-refractivity contribution in [1.82, 2.24) is 9.78 Å². The molecule has 0 radical (unpaired) electrons. The van der Waals surface area contributed by atoms with E-state index in [-0.39, 0.29) is 17.6 Å². The van der Waals surface area contributed by atoms with E-state index < -0.39 is 4.92 Å². The molecule has 0 aliphatic carbocycles. The fourth-order valence-corrected chi connectivity index (χ4v) is 1.82. The Balaban J connectivity index is 2.48. The van der Waals surface area contributed by atoms with Gasteiger partial charge in [-0.25, -0.2) is 4.68 Å². The largest absolute Gasteiger partial charge is 0.434 e. The summed E-state index contributed by atoms with van der Waals surface area (Å²) < 4.78 is 7.15. The second-order valence-corrected chi connectivity index (χ2v) is 4.71. The van der Waals surface area contributed by atoms with Gasteiger partial charge in [-0.05, 0) is 45.0 Å². The van der Waals surface area contributed by atoms with Gasteiger partial charge in [0.25, 0.3) is 5.88 Å². The molecule has 7 heteroatoms. The summed E-state index contributed by atoms with van der Waals surface area (Å²) in [6.45, 7) is 5.35. The minimum atomic E-state index is -0.478. The van der Waals surface area contributed by atoms with Crippen molar-refractivity contribution in [3.63, 3.8) is 0 Å². The molecule has 0 aliphatic rings. The molecule has 106 valence electrons. The van der Waals surface area contributed by atoms with Gasteiger partial charge in [-0.15, -0.1) is 0 Å². The highest BCUT2D eigenvalue weighted by Gasteiger charge is 2.28. The van der Waals surface area contributed by atoms with Gasteiger partial charge in [0.2, 0.25) is 0 Å². The summed E-state index contributed by atoms with van der Waals surface area (Å²) >= 11 is 0. The summed E-state index contributed by atoms with van der Waals surface area (Å²) in [5.74, 6) is 0.608. The van der Waals surface area contributed by atoms with Gasteiger partial charge >= 0.3 is 5.69 Å². The third-order valence-electron chi connectivity index (χ3n) is 2.78. The number of ether oxygens (including phenoxy) is 1. The number of benzene rings is 1. The van der Waals surface area contributed by atoms with Crippen LogP contribution < -0.4 is 10.5 Å². The van der Waals surface area contributed by atoms with Crippen LogP contribution in [0.1, 0.15) is 25.6 Å². The molecule has 0 spiro atoms. The van der Waals surface area contributed by atoms with Gasteiger partial charge in [0.05, 0.1) is 11.0 Å². The molecule has 0 unspecified atom stereocenters. The number of aromatic nitrogens is 2. The summed E-state index contributed by atoms with van der Waals surface area (Å²) in [7, 11) is 0. The third kappa shape index (κ3) is 2.56. The Morgan fingerprint density at radius 1 is 1.35 bits per heavy atom. The van der Waals surface area contributed by atoms with Gasteiger partial charge < -0.3 is 10.5 Å².